The summed E-state index contributed by atoms with van der Waals surface area (Å²) in [5.74, 6) is 0.597. The van der Waals surface area contributed by atoms with Gasteiger partial charge in [0.05, 0.1) is 5.69 Å². The summed E-state index contributed by atoms with van der Waals surface area (Å²) in [6.45, 7) is 3.82. The van der Waals surface area contributed by atoms with E-state index in [4.69, 9.17) is 16.3 Å². The molecule has 0 N–H and O–H groups in total. The van der Waals surface area contributed by atoms with Crippen molar-refractivity contribution in [2.75, 3.05) is 0 Å². The lowest BCUT2D eigenvalue weighted by molar-refractivity contribution is 0.238. The zero-order valence-electron chi connectivity index (χ0n) is 10.2. The molecule has 0 saturated heterocycles. The molecule has 2 aromatic carbocycles. The van der Waals surface area contributed by atoms with Crippen LogP contribution in [0.3, 0.4) is 0 Å². The fraction of sp³-hybridized carbons (Fsp3) is 0.0625. The smallest absolute Gasteiger partial charge is 0.222 e. The summed E-state index contributed by atoms with van der Waals surface area (Å²) in [6, 6.07) is 15.4. The Kier molecular flexibility index (Phi) is 3.10. The standard InChI is InChI=1S/C16H12ClNO/c1-2-15-13-5-3-4-6-14(13)18-16(19-15)11-7-9-12(17)10-8-11/h2-10,15H,1H2/t15-/m1/s1. The summed E-state index contributed by atoms with van der Waals surface area (Å²) in [5.41, 5.74) is 2.87. The van der Waals surface area contributed by atoms with Crippen molar-refractivity contribution in [3.8, 4) is 0 Å². The Morgan fingerprint density at radius 2 is 1.84 bits per heavy atom. The molecule has 94 valence electrons. The molecule has 0 amide bonds. The van der Waals surface area contributed by atoms with E-state index in [1.54, 1.807) is 6.08 Å². The van der Waals surface area contributed by atoms with Crippen LogP contribution in [0, 0.1) is 0 Å². The Balaban J connectivity index is 2.07. The Morgan fingerprint density at radius 1 is 1.11 bits per heavy atom. The monoisotopic (exact) mass is 269 g/mol. The second-order valence-corrected chi connectivity index (χ2v) is 4.69. The highest BCUT2D eigenvalue weighted by atomic mass is 35.5. The highest BCUT2D eigenvalue weighted by Gasteiger charge is 2.21. The minimum Gasteiger partial charge on any atom is -0.465 e. The fourth-order valence-corrected chi connectivity index (χ4v) is 2.18. The van der Waals surface area contributed by atoms with Gasteiger partial charge in [-0.3, -0.25) is 0 Å². The van der Waals surface area contributed by atoms with Crippen molar-refractivity contribution in [2.24, 2.45) is 4.99 Å². The van der Waals surface area contributed by atoms with Gasteiger partial charge in [0.15, 0.2) is 0 Å². The number of rotatable bonds is 2. The van der Waals surface area contributed by atoms with Crippen molar-refractivity contribution in [3.05, 3.63) is 77.3 Å². The first-order chi connectivity index (χ1) is 9.28. The van der Waals surface area contributed by atoms with Gasteiger partial charge < -0.3 is 4.74 Å². The van der Waals surface area contributed by atoms with Crippen LogP contribution in [0.4, 0.5) is 5.69 Å². The largest absolute Gasteiger partial charge is 0.465 e. The maximum absolute atomic E-state index is 5.89. The van der Waals surface area contributed by atoms with Crippen LogP contribution in [-0.2, 0) is 4.74 Å². The lowest BCUT2D eigenvalue weighted by atomic mass is 10.1. The molecular formula is C16H12ClNO. The van der Waals surface area contributed by atoms with Gasteiger partial charge in [0, 0.05) is 16.1 Å². The Labute approximate surface area is 117 Å². The van der Waals surface area contributed by atoms with Crippen molar-refractivity contribution in [2.45, 2.75) is 6.10 Å². The molecule has 0 bridgehead atoms. The number of hydrogen-bond acceptors (Lipinski definition) is 2. The molecule has 19 heavy (non-hydrogen) atoms. The zero-order valence-corrected chi connectivity index (χ0v) is 11.0. The highest BCUT2D eigenvalue weighted by molar-refractivity contribution is 6.30. The fourth-order valence-electron chi connectivity index (χ4n) is 2.05. The lowest BCUT2D eigenvalue weighted by Crippen LogP contribution is -2.15. The van der Waals surface area contributed by atoms with Crippen molar-refractivity contribution in [3.63, 3.8) is 0 Å². The highest BCUT2D eigenvalue weighted by Crippen LogP contribution is 2.34. The summed E-state index contributed by atoms with van der Waals surface area (Å²) >= 11 is 5.89. The number of benzene rings is 2. The number of aliphatic imine (C=N–C) groups is 1. The first-order valence-electron chi connectivity index (χ1n) is 6.00. The third-order valence-electron chi connectivity index (χ3n) is 3.01. The molecule has 2 nitrogen and oxygen atoms in total. The Bertz CT molecular complexity index is 646. The van der Waals surface area contributed by atoms with Crippen LogP contribution in [0.2, 0.25) is 5.02 Å². The molecule has 0 fully saturated rings. The van der Waals surface area contributed by atoms with Gasteiger partial charge in [-0.1, -0.05) is 36.4 Å². The van der Waals surface area contributed by atoms with Crippen LogP contribution in [0.25, 0.3) is 0 Å². The summed E-state index contributed by atoms with van der Waals surface area (Å²) in [6.07, 6.45) is 1.61. The van der Waals surface area contributed by atoms with Gasteiger partial charge in [-0.05, 0) is 36.4 Å². The van der Waals surface area contributed by atoms with E-state index in [0.717, 1.165) is 16.8 Å². The van der Waals surface area contributed by atoms with Gasteiger partial charge in [0.1, 0.15) is 6.10 Å². The minimum atomic E-state index is -0.167. The van der Waals surface area contributed by atoms with Crippen LogP contribution in [0.1, 0.15) is 17.2 Å². The van der Waals surface area contributed by atoms with Gasteiger partial charge in [-0.25, -0.2) is 4.99 Å². The van der Waals surface area contributed by atoms with E-state index < -0.39 is 0 Å². The molecule has 2 aromatic rings. The molecular weight excluding hydrogens is 258 g/mol. The molecule has 0 saturated carbocycles. The van der Waals surface area contributed by atoms with Gasteiger partial charge in [-0.2, -0.15) is 0 Å². The van der Waals surface area contributed by atoms with Crippen molar-refractivity contribution < 1.29 is 4.74 Å². The minimum absolute atomic E-state index is 0.167. The van der Waals surface area contributed by atoms with E-state index in [1.807, 2.05) is 48.5 Å². The average Bonchev–Trinajstić information content (AvgIpc) is 2.47. The van der Waals surface area contributed by atoms with Crippen LogP contribution in [0.15, 0.2) is 66.2 Å². The van der Waals surface area contributed by atoms with Crippen LogP contribution < -0.4 is 0 Å². The SMILES string of the molecule is C=C[C@H]1OC(c2ccc(Cl)cc2)=Nc2ccccc21. The molecule has 0 aliphatic carbocycles. The van der Waals surface area contributed by atoms with Gasteiger partial charge in [0.2, 0.25) is 5.90 Å². The third kappa shape index (κ3) is 2.27. The molecule has 1 aliphatic rings. The lowest BCUT2D eigenvalue weighted by Gasteiger charge is -2.23. The van der Waals surface area contributed by atoms with Crippen molar-refractivity contribution in [1.82, 2.24) is 0 Å². The van der Waals surface area contributed by atoms with Crippen LogP contribution in [0.5, 0.6) is 0 Å². The molecule has 0 unspecified atom stereocenters. The zero-order chi connectivity index (χ0) is 13.2. The van der Waals surface area contributed by atoms with Gasteiger partial charge in [-0.15, -0.1) is 0 Å². The van der Waals surface area contributed by atoms with Crippen LogP contribution >= 0.6 is 11.6 Å². The second kappa shape index (κ2) is 4.90. The maximum Gasteiger partial charge on any atom is 0.222 e. The molecule has 1 heterocycles. The van der Waals surface area contributed by atoms with E-state index in [2.05, 4.69) is 11.6 Å². The van der Waals surface area contributed by atoms with E-state index in [-0.39, 0.29) is 6.10 Å². The Hall–Kier alpha value is -2.06. The summed E-state index contributed by atoms with van der Waals surface area (Å²) < 4.78 is 5.88. The number of nitrogens with zero attached hydrogens (tertiary/aromatic N) is 1. The Morgan fingerprint density at radius 3 is 2.58 bits per heavy atom. The quantitative estimate of drug-likeness (QED) is 0.726. The molecule has 0 spiro atoms. The summed E-state index contributed by atoms with van der Waals surface area (Å²) in [4.78, 5) is 4.55. The number of ether oxygens (including phenoxy) is 1. The molecule has 3 rings (SSSR count). The number of para-hydroxylation sites is 1. The van der Waals surface area contributed by atoms with Crippen LogP contribution in [-0.4, -0.2) is 5.90 Å². The first kappa shape index (κ1) is 12.0. The maximum atomic E-state index is 5.89. The predicted octanol–water partition coefficient (Wildman–Crippen LogP) is 4.68. The molecule has 0 aromatic heterocycles. The van der Waals surface area contributed by atoms with E-state index in [1.165, 1.54) is 0 Å². The molecule has 3 heteroatoms. The third-order valence-corrected chi connectivity index (χ3v) is 3.26. The van der Waals surface area contributed by atoms with Gasteiger partial charge in [0.25, 0.3) is 0 Å². The molecule has 1 aliphatic heterocycles. The normalized spacial score (nSPS) is 17.1. The topological polar surface area (TPSA) is 21.6 Å². The number of fused-ring (bicyclic) bond motifs is 1. The second-order valence-electron chi connectivity index (χ2n) is 4.26. The van der Waals surface area contributed by atoms with E-state index in [0.29, 0.717) is 10.9 Å². The first-order valence-corrected chi connectivity index (χ1v) is 6.38. The molecule has 1 atom stereocenters. The van der Waals surface area contributed by atoms with E-state index >= 15 is 0 Å². The number of halogens is 1. The summed E-state index contributed by atoms with van der Waals surface area (Å²) in [5, 5.41) is 0.695. The number of hydrogen-bond donors (Lipinski definition) is 0. The van der Waals surface area contributed by atoms with Crippen molar-refractivity contribution in [1.29, 1.82) is 0 Å². The summed E-state index contributed by atoms with van der Waals surface area (Å²) in [7, 11) is 0. The average molecular weight is 270 g/mol. The van der Waals surface area contributed by atoms with Crippen molar-refractivity contribution >= 4 is 23.2 Å². The molecule has 0 radical (unpaired) electrons. The van der Waals surface area contributed by atoms with E-state index in [9.17, 15) is 0 Å². The predicted molar refractivity (Wildman–Crippen MR) is 78.1 cm³/mol. The van der Waals surface area contributed by atoms with Gasteiger partial charge >= 0.3 is 0 Å².